The first kappa shape index (κ1) is 24.8. The van der Waals surface area contributed by atoms with E-state index in [2.05, 4.69) is 15.1 Å². The van der Waals surface area contributed by atoms with Gasteiger partial charge in [-0.25, -0.2) is 13.9 Å². The van der Waals surface area contributed by atoms with Gasteiger partial charge in [0, 0.05) is 50.0 Å². The Balaban J connectivity index is 1.43. The normalized spacial score (nSPS) is 20.1. The zero-order valence-electron chi connectivity index (χ0n) is 21.0. The van der Waals surface area contributed by atoms with Crippen molar-refractivity contribution in [3.05, 3.63) is 65.8 Å². The zero-order chi connectivity index (χ0) is 25.9. The smallest absolute Gasteiger partial charge is 0.241 e. The lowest BCUT2D eigenvalue weighted by atomic mass is 9.86. The number of anilines is 2. The molecule has 1 amide bonds. The number of halogens is 1. The summed E-state index contributed by atoms with van der Waals surface area (Å²) in [5.41, 5.74) is 9.31. The topological polar surface area (TPSA) is 83.8 Å². The lowest BCUT2D eigenvalue weighted by molar-refractivity contribution is -0.129. The standard InChI is InChI=1S/C28H32FN7O/c1-31-25-11-6-20(15-24(25)29)26-16-27(32-17-19-4-3-5-21(30)14-19)33-36(26)23-9-7-22(8-10-23)35-13-12-34(2)28(37)18-35/h6-11,15-16,19,21H,3-5,12-14,17-18,30H2,2H3,(H,32,33)/t19-,21-/m0/s1. The van der Waals surface area contributed by atoms with Crippen LogP contribution in [0.3, 0.4) is 0 Å². The Morgan fingerprint density at radius 2 is 1.92 bits per heavy atom. The van der Waals surface area contributed by atoms with Gasteiger partial charge in [-0.1, -0.05) is 18.6 Å². The van der Waals surface area contributed by atoms with E-state index in [9.17, 15) is 9.18 Å². The van der Waals surface area contributed by atoms with Gasteiger partial charge >= 0.3 is 0 Å². The molecule has 1 aliphatic heterocycles. The van der Waals surface area contributed by atoms with Crippen LogP contribution in [0.5, 0.6) is 0 Å². The Morgan fingerprint density at radius 3 is 2.62 bits per heavy atom. The zero-order valence-corrected chi connectivity index (χ0v) is 21.0. The van der Waals surface area contributed by atoms with E-state index in [4.69, 9.17) is 17.4 Å². The summed E-state index contributed by atoms with van der Waals surface area (Å²) in [4.78, 5) is 19.2. The van der Waals surface area contributed by atoms with Gasteiger partial charge in [-0.2, -0.15) is 0 Å². The third kappa shape index (κ3) is 5.44. The molecule has 2 aliphatic rings. The van der Waals surface area contributed by atoms with Crippen LogP contribution in [0.1, 0.15) is 25.7 Å². The summed E-state index contributed by atoms with van der Waals surface area (Å²) in [6, 6.07) is 14.7. The second kappa shape index (κ2) is 10.6. The molecule has 2 fully saturated rings. The predicted molar refractivity (Wildman–Crippen MR) is 143 cm³/mol. The van der Waals surface area contributed by atoms with E-state index in [-0.39, 0.29) is 17.6 Å². The summed E-state index contributed by atoms with van der Waals surface area (Å²) < 4.78 is 16.3. The molecule has 0 spiro atoms. The highest BCUT2D eigenvalue weighted by Gasteiger charge is 2.22. The quantitative estimate of drug-likeness (QED) is 0.488. The Morgan fingerprint density at radius 1 is 1.14 bits per heavy atom. The minimum absolute atomic E-state index is 0.00659. The number of nitrogens with one attached hydrogen (secondary N) is 1. The SMILES string of the molecule is [C-]#[N+]c1ccc(-c2cc(NC[C@H]3CCC[C@H](N)C3)nn2-c2ccc(N3CCN(C)C(=O)C3)cc2)cc1F. The van der Waals surface area contributed by atoms with Gasteiger partial charge in [0.15, 0.2) is 0 Å². The van der Waals surface area contributed by atoms with Crippen LogP contribution >= 0.6 is 0 Å². The molecule has 0 radical (unpaired) electrons. The number of benzene rings is 2. The number of nitrogens with zero attached hydrogens (tertiary/aromatic N) is 5. The number of nitrogens with two attached hydrogens (primary N) is 1. The molecule has 0 bridgehead atoms. The molecule has 192 valence electrons. The van der Waals surface area contributed by atoms with Crippen LogP contribution in [0, 0.1) is 18.3 Å². The summed E-state index contributed by atoms with van der Waals surface area (Å²) in [7, 11) is 1.82. The number of aromatic nitrogens is 2. The van der Waals surface area contributed by atoms with Crippen molar-refractivity contribution >= 4 is 23.1 Å². The largest absolute Gasteiger partial charge is 0.368 e. The first-order valence-electron chi connectivity index (χ1n) is 12.8. The molecule has 1 saturated heterocycles. The fraction of sp³-hybridized carbons (Fsp3) is 0.393. The number of hydrogen-bond acceptors (Lipinski definition) is 5. The van der Waals surface area contributed by atoms with E-state index in [1.807, 2.05) is 37.4 Å². The second-order valence-corrected chi connectivity index (χ2v) is 10.0. The molecule has 2 heterocycles. The van der Waals surface area contributed by atoms with E-state index in [1.165, 1.54) is 12.1 Å². The fourth-order valence-corrected chi connectivity index (χ4v) is 5.18. The van der Waals surface area contributed by atoms with Crippen LogP contribution in [0.2, 0.25) is 0 Å². The number of likely N-dealkylation sites (N-methyl/N-ethyl adjacent to an activating group) is 1. The number of piperazine rings is 1. The summed E-state index contributed by atoms with van der Waals surface area (Å²) in [5.74, 6) is 0.751. The van der Waals surface area contributed by atoms with E-state index in [0.717, 1.165) is 55.8 Å². The summed E-state index contributed by atoms with van der Waals surface area (Å²) in [6.07, 6.45) is 4.37. The second-order valence-electron chi connectivity index (χ2n) is 10.0. The monoisotopic (exact) mass is 501 g/mol. The number of carbonyl (C=O) groups excluding carboxylic acids is 1. The van der Waals surface area contributed by atoms with Crippen molar-refractivity contribution in [2.45, 2.75) is 31.7 Å². The van der Waals surface area contributed by atoms with Crippen LogP contribution < -0.4 is 16.0 Å². The Hall–Kier alpha value is -3.90. The van der Waals surface area contributed by atoms with Gasteiger partial charge in [0.05, 0.1) is 24.5 Å². The number of amides is 1. The van der Waals surface area contributed by atoms with Gasteiger partial charge in [-0.3, -0.25) is 4.79 Å². The van der Waals surface area contributed by atoms with Crippen molar-refractivity contribution in [3.63, 3.8) is 0 Å². The highest BCUT2D eigenvalue weighted by atomic mass is 19.1. The molecule has 2 atom stereocenters. The molecule has 2 aromatic carbocycles. The molecule has 8 nitrogen and oxygen atoms in total. The van der Waals surface area contributed by atoms with Crippen molar-refractivity contribution in [1.82, 2.24) is 14.7 Å². The van der Waals surface area contributed by atoms with E-state index in [0.29, 0.717) is 30.4 Å². The maximum absolute atomic E-state index is 14.5. The van der Waals surface area contributed by atoms with Gasteiger partial charge in [0.2, 0.25) is 11.6 Å². The van der Waals surface area contributed by atoms with Gasteiger partial charge in [-0.15, -0.1) is 5.10 Å². The summed E-state index contributed by atoms with van der Waals surface area (Å²) >= 11 is 0. The average Bonchev–Trinajstić information content (AvgIpc) is 3.33. The lowest BCUT2D eigenvalue weighted by Gasteiger charge is -2.33. The third-order valence-corrected chi connectivity index (χ3v) is 7.39. The van der Waals surface area contributed by atoms with Crippen LogP contribution in [-0.2, 0) is 4.79 Å². The van der Waals surface area contributed by atoms with Gasteiger partial charge in [0.25, 0.3) is 0 Å². The molecule has 3 N–H and O–H groups in total. The molecular weight excluding hydrogens is 469 g/mol. The first-order chi connectivity index (χ1) is 17.9. The maximum atomic E-state index is 14.5. The molecule has 1 aromatic heterocycles. The minimum atomic E-state index is -0.555. The minimum Gasteiger partial charge on any atom is -0.368 e. The fourth-order valence-electron chi connectivity index (χ4n) is 5.18. The third-order valence-electron chi connectivity index (χ3n) is 7.39. The molecule has 1 aliphatic carbocycles. The van der Waals surface area contributed by atoms with Crippen LogP contribution in [0.4, 0.5) is 21.6 Å². The van der Waals surface area contributed by atoms with Crippen LogP contribution in [0.15, 0.2) is 48.5 Å². The number of rotatable bonds is 6. The van der Waals surface area contributed by atoms with Crippen molar-refractivity contribution in [1.29, 1.82) is 0 Å². The van der Waals surface area contributed by atoms with Gasteiger partial charge in [-0.05, 0) is 55.5 Å². The molecule has 3 aromatic rings. The number of hydrogen-bond donors (Lipinski definition) is 2. The first-order valence-corrected chi connectivity index (χ1v) is 12.8. The highest BCUT2D eigenvalue weighted by Crippen LogP contribution is 2.31. The highest BCUT2D eigenvalue weighted by molar-refractivity contribution is 5.82. The van der Waals surface area contributed by atoms with Crippen LogP contribution in [0.25, 0.3) is 21.8 Å². The lowest BCUT2D eigenvalue weighted by Crippen LogP contribution is -2.48. The molecular formula is C28H32FN7O. The van der Waals surface area contributed by atoms with Crippen molar-refractivity contribution in [2.24, 2.45) is 11.7 Å². The molecule has 9 heteroatoms. The van der Waals surface area contributed by atoms with Crippen molar-refractivity contribution in [2.75, 3.05) is 43.4 Å². The van der Waals surface area contributed by atoms with Crippen LogP contribution in [-0.4, -0.2) is 59.9 Å². The average molecular weight is 502 g/mol. The molecule has 37 heavy (non-hydrogen) atoms. The molecule has 0 unspecified atom stereocenters. The molecule has 5 rings (SSSR count). The number of carbonyl (C=O) groups is 1. The van der Waals surface area contributed by atoms with E-state index >= 15 is 0 Å². The molecule has 1 saturated carbocycles. The van der Waals surface area contributed by atoms with Crippen molar-refractivity contribution in [3.8, 4) is 16.9 Å². The summed E-state index contributed by atoms with van der Waals surface area (Å²) in [5, 5.41) is 8.28. The predicted octanol–water partition coefficient (Wildman–Crippen LogP) is 4.44. The van der Waals surface area contributed by atoms with E-state index in [1.54, 1.807) is 15.6 Å². The Kier molecular flexibility index (Phi) is 7.10. The maximum Gasteiger partial charge on any atom is 0.241 e. The van der Waals surface area contributed by atoms with Gasteiger partial charge in [0.1, 0.15) is 11.6 Å². The summed E-state index contributed by atoms with van der Waals surface area (Å²) in [6.45, 7) is 9.76. The van der Waals surface area contributed by atoms with Gasteiger partial charge < -0.3 is 20.9 Å². The Bertz CT molecular complexity index is 1310. The van der Waals surface area contributed by atoms with E-state index < -0.39 is 5.82 Å². The Labute approximate surface area is 216 Å². The van der Waals surface area contributed by atoms with Crippen molar-refractivity contribution < 1.29 is 9.18 Å².